The van der Waals surface area contributed by atoms with Gasteiger partial charge in [-0.3, -0.25) is 0 Å². The third-order valence-corrected chi connectivity index (χ3v) is 2.51. The minimum Gasteiger partial charge on any atom is -0.405 e. The van der Waals surface area contributed by atoms with Crippen LogP contribution < -0.4 is 4.74 Å². The summed E-state index contributed by atoms with van der Waals surface area (Å²) in [5, 5.41) is 0. The van der Waals surface area contributed by atoms with E-state index in [0.29, 0.717) is 0 Å². The highest BCUT2D eigenvalue weighted by Crippen LogP contribution is 2.24. The summed E-state index contributed by atoms with van der Waals surface area (Å²) >= 11 is 0. The van der Waals surface area contributed by atoms with Gasteiger partial charge in [-0.1, -0.05) is 0 Å². The molecule has 0 bridgehead atoms. The number of halogens is 3. The number of rotatable bonds is 2. The Morgan fingerprint density at radius 1 is 1.40 bits per heavy atom. The van der Waals surface area contributed by atoms with Gasteiger partial charge in [-0.05, 0) is 18.2 Å². The van der Waals surface area contributed by atoms with Crippen LogP contribution in [-0.4, -0.2) is 21.0 Å². The third-order valence-electron chi connectivity index (χ3n) is 1.40. The van der Waals surface area contributed by atoms with Gasteiger partial charge in [-0.2, -0.15) is 0 Å². The summed E-state index contributed by atoms with van der Waals surface area (Å²) in [5.41, 5.74) is 0. The molecule has 0 saturated carbocycles. The van der Waals surface area contributed by atoms with E-state index in [4.69, 9.17) is 0 Å². The normalized spacial score (nSPS) is 12.5. The fourth-order valence-corrected chi connectivity index (χ4v) is 1.48. The van der Waals surface area contributed by atoms with Crippen LogP contribution in [0.4, 0.5) is 13.2 Å². The molecule has 1 rings (SSSR count). The molecule has 0 aliphatic heterocycles. The van der Waals surface area contributed by atoms with Crippen LogP contribution in [0.5, 0.6) is 5.75 Å². The van der Waals surface area contributed by atoms with Crippen LogP contribution in [-0.2, 0) is 9.84 Å². The topological polar surface area (TPSA) is 43.4 Å². The van der Waals surface area contributed by atoms with Crippen LogP contribution in [0.25, 0.3) is 0 Å². The fraction of sp³-hybridized carbons (Fsp3) is 0.250. The molecule has 0 atom stereocenters. The van der Waals surface area contributed by atoms with E-state index in [-0.39, 0.29) is 4.90 Å². The number of benzene rings is 1. The lowest BCUT2D eigenvalue weighted by atomic mass is 10.3. The van der Waals surface area contributed by atoms with Crippen LogP contribution in [0.15, 0.2) is 23.1 Å². The molecule has 3 nitrogen and oxygen atoms in total. The molecular formula is C8H6F3O3S. The summed E-state index contributed by atoms with van der Waals surface area (Å²) in [7, 11) is -3.55. The quantitative estimate of drug-likeness (QED) is 0.790. The van der Waals surface area contributed by atoms with Gasteiger partial charge in [0.1, 0.15) is 5.75 Å². The van der Waals surface area contributed by atoms with Gasteiger partial charge in [0.05, 0.1) is 4.90 Å². The Morgan fingerprint density at radius 2 is 2.00 bits per heavy atom. The zero-order valence-corrected chi connectivity index (χ0v) is 8.32. The maximum atomic E-state index is 11.8. The van der Waals surface area contributed by atoms with E-state index in [1.807, 2.05) is 0 Å². The number of hydrogen-bond donors (Lipinski definition) is 0. The predicted octanol–water partition coefficient (Wildman–Crippen LogP) is 1.79. The van der Waals surface area contributed by atoms with E-state index in [1.54, 1.807) is 0 Å². The van der Waals surface area contributed by atoms with Crippen molar-refractivity contribution in [3.63, 3.8) is 0 Å². The maximum Gasteiger partial charge on any atom is 0.573 e. The molecule has 0 heterocycles. The van der Waals surface area contributed by atoms with Crippen molar-refractivity contribution >= 4 is 9.84 Å². The zero-order chi connectivity index (χ0) is 11.7. The molecule has 15 heavy (non-hydrogen) atoms. The van der Waals surface area contributed by atoms with E-state index >= 15 is 0 Å². The lowest BCUT2D eigenvalue weighted by molar-refractivity contribution is -0.274. The SMILES string of the molecule is CS(=O)(=O)c1cc[c]c(OC(F)(F)F)c1. The van der Waals surface area contributed by atoms with Crippen LogP contribution in [0.1, 0.15) is 0 Å². The highest BCUT2D eigenvalue weighted by atomic mass is 32.2. The maximum absolute atomic E-state index is 11.8. The van der Waals surface area contributed by atoms with Crippen molar-refractivity contribution in [1.29, 1.82) is 0 Å². The standard InChI is InChI=1S/C8H6F3O3S/c1-15(12,13)7-4-2-3-6(5-7)14-8(9,10)11/h2,4-5H,1H3. The Labute approximate surface area is 84.4 Å². The monoisotopic (exact) mass is 239 g/mol. The van der Waals surface area contributed by atoms with Gasteiger partial charge in [0, 0.05) is 12.3 Å². The predicted molar refractivity (Wildman–Crippen MR) is 45.1 cm³/mol. The Kier molecular flexibility index (Phi) is 2.94. The van der Waals surface area contributed by atoms with E-state index in [0.717, 1.165) is 24.5 Å². The molecule has 0 aliphatic carbocycles. The van der Waals surface area contributed by atoms with Crippen molar-refractivity contribution < 1.29 is 26.3 Å². The molecule has 0 unspecified atom stereocenters. The number of ether oxygens (including phenoxy) is 1. The molecule has 0 aromatic heterocycles. The second-order valence-corrected chi connectivity index (χ2v) is 4.72. The smallest absolute Gasteiger partial charge is 0.405 e. The zero-order valence-electron chi connectivity index (χ0n) is 7.50. The Hall–Kier alpha value is -1.24. The van der Waals surface area contributed by atoms with Gasteiger partial charge >= 0.3 is 6.36 Å². The van der Waals surface area contributed by atoms with E-state index in [9.17, 15) is 21.6 Å². The molecule has 1 radical (unpaired) electrons. The molecule has 0 amide bonds. The lowest BCUT2D eigenvalue weighted by Crippen LogP contribution is -2.17. The Bertz CT molecular complexity index is 450. The van der Waals surface area contributed by atoms with Crippen LogP contribution in [0.2, 0.25) is 0 Å². The molecular weight excluding hydrogens is 233 g/mol. The fourth-order valence-electron chi connectivity index (χ4n) is 0.839. The Morgan fingerprint density at radius 3 is 2.47 bits per heavy atom. The first kappa shape index (κ1) is 11.8. The second-order valence-electron chi connectivity index (χ2n) is 2.71. The van der Waals surface area contributed by atoms with Gasteiger partial charge in [-0.25, -0.2) is 8.42 Å². The number of sulfone groups is 1. The molecule has 0 spiro atoms. The summed E-state index contributed by atoms with van der Waals surface area (Å²) in [6.07, 6.45) is -3.97. The molecule has 0 N–H and O–H groups in total. The van der Waals surface area contributed by atoms with Gasteiger partial charge in [0.15, 0.2) is 9.84 Å². The van der Waals surface area contributed by atoms with Gasteiger partial charge < -0.3 is 4.74 Å². The van der Waals surface area contributed by atoms with Crippen molar-refractivity contribution in [3.05, 3.63) is 24.3 Å². The number of hydrogen-bond acceptors (Lipinski definition) is 3. The summed E-state index contributed by atoms with van der Waals surface area (Å²) in [5.74, 6) is -0.676. The van der Waals surface area contributed by atoms with Gasteiger partial charge in [0.2, 0.25) is 0 Å². The van der Waals surface area contributed by atoms with E-state index in [1.165, 1.54) is 0 Å². The largest absolute Gasteiger partial charge is 0.573 e. The molecule has 1 aromatic rings. The van der Waals surface area contributed by atoms with Gasteiger partial charge in [0.25, 0.3) is 0 Å². The molecule has 83 valence electrons. The minimum atomic E-state index is -4.85. The van der Waals surface area contributed by atoms with Crippen molar-refractivity contribution in [1.82, 2.24) is 0 Å². The van der Waals surface area contributed by atoms with Crippen LogP contribution in [0.3, 0.4) is 0 Å². The first-order valence-electron chi connectivity index (χ1n) is 3.66. The van der Waals surface area contributed by atoms with Crippen molar-refractivity contribution in [2.45, 2.75) is 11.3 Å². The first-order valence-corrected chi connectivity index (χ1v) is 5.55. The molecule has 0 aliphatic rings. The average molecular weight is 239 g/mol. The highest BCUT2D eigenvalue weighted by Gasteiger charge is 2.31. The first-order chi connectivity index (χ1) is 6.68. The summed E-state index contributed by atoms with van der Waals surface area (Å²) in [4.78, 5) is -0.250. The minimum absolute atomic E-state index is 0.250. The second kappa shape index (κ2) is 3.73. The third kappa shape index (κ3) is 3.78. The highest BCUT2D eigenvalue weighted by molar-refractivity contribution is 7.90. The average Bonchev–Trinajstić information content (AvgIpc) is 1.99. The van der Waals surface area contributed by atoms with Crippen molar-refractivity contribution in [2.75, 3.05) is 6.26 Å². The van der Waals surface area contributed by atoms with E-state index < -0.39 is 21.9 Å². The van der Waals surface area contributed by atoms with Gasteiger partial charge in [-0.15, -0.1) is 13.2 Å². The molecule has 0 saturated heterocycles. The van der Waals surface area contributed by atoms with E-state index in [2.05, 4.69) is 10.8 Å². The number of alkyl halides is 3. The molecule has 1 aromatic carbocycles. The van der Waals surface area contributed by atoms with Crippen LogP contribution >= 0.6 is 0 Å². The van der Waals surface area contributed by atoms with Crippen LogP contribution in [0, 0.1) is 6.07 Å². The van der Waals surface area contributed by atoms with Crippen molar-refractivity contribution in [3.8, 4) is 5.75 Å². The summed E-state index contributed by atoms with van der Waals surface area (Å²) in [6.45, 7) is 0. The lowest BCUT2D eigenvalue weighted by Gasteiger charge is -2.08. The Balaban J connectivity index is 3.04. The summed E-state index contributed by atoms with van der Waals surface area (Å²) in [6, 6.07) is 5.09. The molecule has 0 fully saturated rings. The summed E-state index contributed by atoms with van der Waals surface area (Å²) < 4.78 is 60.9. The molecule has 7 heteroatoms. The van der Waals surface area contributed by atoms with Crippen molar-refractivity contribution in [2.24, 2.45) is 0 Å².